The predicted octanol–water partition coefficient (Wildman–Crippen LogP) is 8.66. The van der Waals surface area contributed by atoms with Crippen LogP contribution >= 0.6 is 0 Å². The molecule has 3 rings (SSSR count). The molecule has 0 aromatic carbocycles. The molecule has 19 heteroatoms. The number of nitrogens with one attached hydrogen (secondary N) is 1. The molecule has 17 unspecified atom stereocenters. The smallest absolute Gasteiger partial charge is 0.220 e. The highest BCUT2D eigenvalue weighted by atomic mass is 16.8. The fourth-order valence-corrected chi connectivity index (χ4v) is 11.8. The maximum Gasteiger partial charge on any atom is 0.220 e. The van der Waals surface area contributed by atoms with Crippen molar-refractivity contribution in [3.05, 3.63) is 24.3 Å². The second kappa shape index (κ2) is 49.9. The van der Waals surface area contributed by atoms with Gasteiger partial charge in [0.15, 0.2) is 18.9 Å². The molecular formula is C67H125NO18. The number of aliphatic hydroxyl groups excluding tert-OH is 11. The van der Waals surface area contributed by atoms with E-state index in [0.717, 1.165) is 64.2 Å². The summed E-state index contributed by atoms with van der Waals surface area (Å²) in [5.74, 6) is -0.281. The van der Waals surface area contributed by atoms with Crippen LogP contribution in [0.3, 0.4) is 0 Å². The highest BCUT2D eigenvalue weighted by Gasteiger charge is 2.53. The summed E-state index contributed by atoms with van der Waals surface area (Å²) in [5, 5.41) is 120. The molecule has 3 fully saturated rings. The lowest BCUT2D eigenvalue weighted by Gasteiger charge is -2.48. The molecular weight excluding hydrogens is 1110 g/mol. The lowest BCUT2D eigenvalue weighted by molar-refractivity contribution is -0.379. The van der Waals surface area contributed by atoms with Gasteiger partial charge in [0, 0.05) is 6.42 Å². The first-order chi connectivity index (χ1) is 41.8. The first kappa shape index (κ1) is 78.5. The Morgan fingerprint density at radius 2 is 0.733 bits per heavy atom. The number of amides is 1. The number of carbonyl (C=O) groups excluding carboxylic acids is 1. The molecule has 0 aromatic rings. The van der Waals surface area contributed by atoms with Crippen molar-refractivity contribution in [1.82, 2.24) is 5.32 Å². The zero-order chi connectivity index (χ0) is 62.6. The Balaban J connectivity index is 1.44. The number of rotatable bonds is 53. The van der Waals surface area contributed by atoms with E-state index >= 15 is 0 Å². The molecule has 0 saturated carbocycles. The van der Waals surface area contributed by atoms with Crippen LogP contribution in [-0.4, -0.2) is 193 Å². The third-order valence-corrected chi connectivity index (χ3v) is 17.5. The molecule has 506 valence electrons. The van der Waals surface area contributed by atoms with Gasteiger partial charge in [0.05, 0.1) is 38.6 Å². The third-order valence-electron chi connectivity index (χ3n) is 17.5. The summed E-state index contributed by atoms with van der Waals surface area (Å²) < 4.78 is 34.3. The average molecular weight is 1230 g/mol. The van der Waals surface area contributed by atoms with Crippen molar-refractivity contribution in [1.29, 1.82) is 0 Å². The summed E-state index contributed by atoms with van der Waals surface area (Å²) in [7, 11) is 0. The van der Waals surface area contributed by atoms with Gasteiger partial charge >= 0.3 is 0 Å². The summed E-state index contributed by atoms with van der Waals surface area (Å²) >= 11 is 0. The standard InChI is InChI=1S/C67H125NO18/c1-3-5-7-9-11-13-15-17-19-21-22-23-24-25-26-27-28-29-30-32-34-36-38-40-42-44-51(72)50(68-55(73)45-43-41-39-37-35-33-31-20-18-16-14-12-10-8-6-4-2)49-81-65-61(79)58(76)63(53(47-70)83-65)86-67-62(80)59(77)64(54(48-71)84-67)85-66-60(78)57(75)56(74)52(46-69)82-66/h20,31,42,44,50-54,56-67,69-72,74-80H,3-19,21-30,32-41,43,45-49H2,1-2H3,(H,68,73)/b31-20-,44-42+. The molecule has 3 aliphatic rings. The Bertz CT molecular complexity index is 1660. The van der Waals surface area contributed by atoms with Crippen molar-refractivity contribution in [2.45, 2.75) is 369 Å². The second-order valence-corrected chi connectivity index (χ2v) is 25.0. The minimum atomic E-state index is -1.98. The Labute approximate surface area is 518 Å². The largest absolute Gasteiger partial charge is 0.394 e. The van der Waals surface area contributed by atoms with E-state index < -0.39 is 124 Å². The van der Waals surface area contributed by atoms with Crippen LogP contribution in [0.5, 0.6) is 0 Å². The molecule has 0 spiro atoms. The Morgan fingerprint density at radius 3 is 1.13 bits per heavy atom. The Kier molecular flexibility index (Phi) is 45.6. The van der Waals surface area contributed by atoms with E-state index in [1.54, 1.807) is 6.08 Å². The zero-order valence-electron chi connectivity index (χ0n) is 53.3. The van der Waals surface area contributed by atoms with Gasteiger partial charge in [-0.2, -0.15) is 0 Å². The molecule has 3 aliphatic heterocycles. The Morgan fingerprint density at radius 1 is 0.407 bits per heavy atom. The normalized spacial score (nSPS) is 28.9. The number of allylic oxidation sites excluding steroid dienone is 3. The lowest BCUT2D eigenvalue weighted by atomic mass is 9.96. The van der Waals surface area contributed by atoms with E-state index in [1.807, 2.05) is 6.08 Å². The van der Waals surface area contributed by atoms with Crippen LogP contribution in [0.25, 0.3) is 0 Å². The first-order valence-electron chi connectivity index (χ1n) is 34.6. The molecule has 86 heavy (non-hydrogen) atoms. The van der Waals surface area contributed by atoms with Gasteiger partial charge in [-0.1, -0.05) is 237 Å². The summed E-state index contributed by atoms with van der Waals surface area (Å²) in [6, 6.07) is -0.976. The minimum absolute atomic E-state index is 0.235. The summed E-state index contributed by atoms with van der Waals surface area (Å²) in [6.07, 6.45) is 28.7. The predicted molar refractivity (Wildman–Crippen MR) is 333 cm³/mol. The maximum absolute atomic E-state index is 13.4. The van der Waals surface area contributed by atoms with Crippen LogP contribution in [0.1, 0.15) is 264 Å². The Hall–Kier alpha value is -1.73. The molecule has 0 radical (unpaired) electrons. The van der Waals surface area contributed by atoms with Gasteiger partial charge in [-0.05, 0) is 44.9 Å². The van der Waals surface area contributed by atoms with Gasteiger partial charge in [0.2, 0.25) is 5.91 Å². The number of ether oxygens (including phenoxy) is 6. The fourth-order valence-electron chi connectivity index (χ4n) is 11.8. The second-order valence-electron chi connectivity index (χ2n) is 25.0. The van der Waals surface area contributed by atoms with E-state index in [0.29, 0.717) is 6.42 Å². The van der Waals surface area contributed by atoms with Crippen LogP contribution in [0.15, 0.2) is 24.3 Å². The van der Waals surface area contributed by atoms with Gasteiger partial charge in [-0.25, -0.2) is 0 Å². The van der Waals surface area contributed by atoms with Crippen LogP contribution < -0.4 is 5.32 Å². The van der Waals surface area contributed by atoms with Crippen LogP contribution in [0.4, 0.5) is 0 Å². The van der Waals surface area contributed by atoms with Crippen molar-refractivity contribution in [3.63, 3.8) is 0 Å². The summed E-state index contributed by atoms with van der Waals surface area (Å²) in [6.45, 7) is 1.75. The van der Waals surface area contributed by atoms with E-state index in [2.05, 4.69) is 31.3 Å². The van der Waals surface area contributed by atoms with E-state index in [-0.39, 0.29) is 18.9 Å². The topological polar surface area (TPSA) is 307 Å². The highest BCUT2D eigenvalue weighted by molar-refractivity contribution is 5.76. The fraction of sp³-hybridized carbons (Fsp3) is 0.925. The highest BCUT2D eigenvalue weighted by Crippen LogP contribution is 2.33. The van der Waals surface area contributed by atoms with Gasteiger partial charge in [0.1, 0.15) is 73.2 Å². The monoisotopic (exact) mass is 1230 g/mol. The number of hydrogen-bond acceptors (Lipinski definition) is 18. The van der Waals surface area contributed by atoms with Crippen molar-refractivity contribution < 1.29 is 89.4 Å². The number of unbranched alkanes of at least 4 members (excludes halogenated alkanes) is 35. The SMILES string of the molecule is CCCCCCCCC/C=C\CCCCCCCC(=O)NC(COC1OC(CO)C(OC2OC(CO)C(OC3OC(CO)C(O)C(O)C3O)C(O)C2O)C(O)C1O)C(O)/C=C/CCCCCCCCCCCCCCCCCCCCCCCCC. The van der Waals surface area contributed by atoms with E-state index in [1.165, 1.54) is 173 Å². The summed E-state index contributed by atoms with van der Waals surface area (Å²) in [5.41, 5.74) is 0. The van der Waals surface area contributed by atoms with Gasteiger partial charge in [-0.15, -0.1) is 0 Å². The minimum Gasteiger partial charge on any atom is -0.394 e. The van der Waals surface area contributed by atoms with Crippen molar-refractivity contribution >= 4 is 5.91 Å². The summed E-state index contributed by atoms with van der Waals surface area (Å²) in [4.78, 5) is 13.4. The molecule has 3 saturated heterocycles. The molecule has 12 N–H and O–H groups in total. The van der Waals surface area contributed by atoms with Gasteiger partial charge in [-0.3, -0.25) is 4.79 Å². The lowest BCUT2D eigenvalue weighted by Crippen LogP contribution is -2.66. The molecule has 3 heterocycles. The number of hydrogen-bond donors (Lipinski definition) is 12. The van der Waals surface area contributed by atoms with Crippen LogP contribution in [0, 0.1) is 0 Å². The quantitative estimate of drug-likeness (QED) is 0.0200. The van der Waals surface area contributed by atoms with Gasteiger partial charge in [0.25, 0.3) is 0 Å². The molecule has 1 amide bonds. The molecule has 17 atom stereocenters. The zero-order valence-corrected chi connectivity index (χ0v) is 53.3. The van der Waals surface area contributed by atoms with Crippen molar-refractivity contribution in [2.75, 3.05) is 26.4 Å². The van der Waals surface area contributed by atoms with E-state index in [4.69, 9.17) is 28.4 Å². The van der Waals surface area contributed by atoms with E-state index in [9.17, 15) is 61.0 Å². The van der Waals surface area contributed by atoms with Crippen molar-refractivity contribution in [3.8, 4) is 0 Å². The molecule has 0 bridgehead atoms. The molecule has 0 aliphatic carbocycles. The number of aliphatic hydroxyl groups is 11. The first-order valence-corrected chi connectivity index (χ1v) is 34.6. The molecule has 19 nitrogen and oxygen atoms in total. The van der Waals surface area contributed by atoms with Crippen LogP contribution in [-0.2, 0) is 33.2 Å². The maximum atomic E-state index is 13.4. The van der Waals surface area contributed by atoms with Gasteiger partial charge < -0.3 is 89.9 Å². The van der Waals surface area contributed by atoms with Crippen molar-refractivity contribution in [2.24, 2.45) is 0 Å². The average Bonchev–Trinajstić information content (AvgIpc) is 2.32. The number of carbonyl (C=O) groups is 1. The third kappa shape index (κ3) is 32.0. The van der Waals surface area contributed by atoms with Crippen LogP contribution in [0.2, 0.25) is 0 Å². The molecule has 0 aromatic heterocycles.